The van der Waals surface area contributed by atoms with Crippen LogP contribution in [0.1, 0.15) is 39.4 Å². The van der Waals surface area contributed by atoms with E-state index in [0.717, 1.165) is 9.56 Å². The van der Waals surface area contributed by atoms with Gasteiger partial charge in [-0.05, 0) is 52.0 Å². The SMILES string of the molecule is Cc1c(Cl)cccc1NC(=O)c1nn2c(c1Br)N[C@H](c1cccs1)C[C@@H]2C(F)(F)F. The molecule has 0 saturated heterocycles. The van der Waals surface area contributed by atoms with Gasteiger partial charge < -0.3 is 10.6 Å². The highest BCUT2D eigenvalue weighted by atomic mass is 79.9. The molecule has 0 radical (unpaired) electrons. The highest BCUT2D eigenvalue weighted by Gasteiger charge is 2.48. The Kier molecular flexibility index (Phi) is 5.58. The summed E-state index contributed by atoms with van der Waals surface area (Å²) in [5, 5.41) is 12.1. The van der Waals surface area contributed by atoms with E-state index in [0.29, 0.717) is 16.3 Å². The monoisotopic (exact) mass is 518 g/mol. The highest BCUT2D eigenvalue weighted by molar-refractivity contribution is 9.10. The first kappa shape index (κ1) is 21.2. The maximum Gasteiger partial charge on any atom is 0.410 e. The summed E-state index contributed by atoms with van der Waals surface area (Å²) in [7, 11) is 0. The quantitative estimate of drug-likeness (QED) is 0.411. The first-order valence-electron chi connectivity index (χ1n) is 8.88. The maximum absolute atomic E-state index is 13.8. The van der Waals surface area contributed by atoms with Gasteiger partial charge in [-0.2, -0.15) is 18.3 Å². The molecule has 1 amide bonds. The highest BCUT2D eigenvalue weighted by Crippen LogP contribution is 2.47. The van der Waals surface area contributed by atoms with Crippen LogP contribution in [0.15, 0.2) is 40.2 Å². The Morgan fingerprint density at radius 1 is 1.37 bits per heavy atom. The number of aromatic nitrogens is 2. The number of nitrogens with zero attached hydrogens (tertiary/aromatic N) is 2. The Bertz CT molecular complexity index is 1100. The van der Waals surface area contributed by atoms with E-state index in [2.05, 4.69) is 31.7 Å². The first-order valence-corrected chi connectivity index (χ1v) is 10.9. The van der Waals surface area contributed by atoms with Crippen LogP contribution in [0.5, 0.6) is 0 Å². The Morgan fingerprint density at radius 3 is 2.80 bits per heavy atom. The molecule has 1 aliphatic heterocycles. The van der Waals surface area contributed by atoms with Gasteiger partial charge in [0.05, 0.1) is 10.5 Å². The van der Waals surface area contributed by atoms with E-state index < -0.39 is 24.2 Å². The number of rotatable bonds is 3. The van der Waals surface area contributed by atoms with Crippen LogP contribution in [0.2, 0.25) is 5.02 Å². The summed E-state index contributed by atoms with van der Waals surface area (Å²) in [4.78, 5) is 13.6. The van der Waals surface area contributed by atoms with Gasteiger partial charge >= 0.3 is 6.18 Å². The lowest BCUT2D eigenvalue weighted by Gasteiger charge is -2.33. The molecule has 5 nitrogen and oxygen atoms in total. The number of halogens is 5. The Balaban J connectivity index is 1.71. The molecule has 0 unspecified atom stereocenters. The van der Waals surface area contributed by atoms with Crippen LogP contribution in [0.25, 0.3) is 0 Å². The number of hydrogen-bond donors (Lipinski definition) is 2. The normalized spacial score (nSPS) is 18.6. The molecule has 1 aliphatic rings. The fourth-order valence-electron chi connectivity index (χ4n) is 3.34. The maximum atomic E-state index is 13.8. The van der Waals surface area contributed by atoms with Crippen molar-refractivity contribution in [2.75, 3.05) is 10.6 Å². The summed E-state index contributed by atoms with van der Waals surface area (Å²) >= 11 is 10.7. The molecule has 3 aromatic rings. The second-order valence-electron chi connectivity index (χ2n) is 6.83. The predicted octanol–water partition coefficient (Wildman–Crippen LogP) is 6.58. The molecule has 30 heavy (non-hydrogen) atoms. The molecular weight excluding hydrogens is 505 g/mol. The summed E-state index contributed by atoms with van der Waals surface area (Å²) in [6.45, 7) is 1.73. The Morgan fingerprint density at radius 2 is 2.13 bits per heavy atom. The van der Waals surface area contributed by atoms with Crippen LogP contribution >= 0.6 is 38.9 Å². The molecule has 0 fully saturated rings. The van der Waals surface area contributed by atoms with Crippen molar-refractivity contribution in [1.29, 1.82) is 0 Å². The molecule has 1 aromatic carbocycles. The number of anilines is 2. The lowest BCUT2D eigenvalue weighted by Crippen LogP contribution is -2.35. The zero-order valence-electron chi connectivity index (χ0n) is 15.4. The van der Waals surface area contributed by atoms with Gasteiger partial charge in [0, 0.05) is 22.0 Å². The minimum atomic E-state index is -4.52. The summed E-state index contributed by atoms with van der Waals surface area (Å²) in [6.07, 6.45) is -4.74. The minimum absolute atomic E-state index is 0.120. The molecule has 2 N–H and O–H groups in total. The molecule has 0 bridgehead atoms. The number of hydrogen-bond acceptors (Lipinski definition) is 4. The van der Waals surface area contributed by atoms with Crippen LogP contribution in [0, 0.1) is 6.92 Å². The van der Waals surface area contributed by atoms with Gasteiger partial charge in [-0.15, -0.1) is 11.3 Å². The number of nitrogens with one attached hydrogen (secondary N) is 2. The molecule has 4 rings (SSSR count). The van der Waals surface area contributed by atoms with Crippen LogP contribution in [0.3, 0.4) is 0 Å². The van der Waals surface area contributed by atoms with E-state index in [-0.39, 0.29) is 22.4 Å². The molecule has 0 spiro atoms. The van der Waals surface area contributed by atoms with E-state index in [1.165, 1.54) is 11.3 Å². The smallest absolute Gasteiger partial charge is 0.362 e. The van der Waals surface area contributed by atoms with Gasteiger partial charge in [-0.1, -0.05) is 23.7 Å². The zero-order chi connectivity index (χ0) is 21.6. The molecule has 2 atom stereocenters. The number of benzene rings is 1. The number of carbonyl (C=O) groups excluding carboxylic acids is 1. The topological polar surface area (TPSA) is 59.0 Å². The molecule has 3 heterocycles. The third kappa shape index (κ3) is 3.83. The number of carbonyl (C=O) groups is 1. The van der Waals surface area contributed by atoms with Crippen molar-refractivity contribution in [3.05, 3.63) is 61.3 Å². The fraction of sp³-hybridized carbons (Fsp3) is 0.263. The van der Waals surface area contributed by atoms with Crippen molar-refractivity contribution in [2.45, 2.75) is 31.6 Å². The lowest BCUT2D eigenvalue weighted by atomic mass is 10.0. The van der Waals surface area contributed by atoms with Crippen molar-refractivity contribution < 1.29 is 18.0 Å². The molecule has 11 heteroatoms. The molecular formula is C19H15BrClF3N4OS. The summed E-state index contributed by atoms with van der Waals surface area (Å²) in [5.74, 6) is -0.514. The van der Waals surface area contributed by atoms with E-state index >= 15 is 0 Å². The summed E-state index contributed by atoms with van der Waals surface area (Å²) < 4.78 is 42.4. The van der Waals surface area contributed by atoms with Crippen LogP contribution < -0.4 is 10.6 Å². The number of fused-ring (bicyclic) bond motifs is 1. The van der Waals surface area contributed by atoms with E-state index in [1.807, 2.05) is 5.38 Å². The average Bonchev–Trinajstić information content (AvgIpc) is 3.32. The standard InChI is InChI=1S/C19H15BrClF3N4OS/c1-9-10(21)4-2-5-11(9)26-18(29)16-15(20)17-25-12(13-6-3-7-30-13)8-14(19(22,23)24)28(17)27-16/h2-7,12,14,25H,8H2,1H3,(H,26,29)/t12-,14+/m0/s1. The van der Waals surface area contributed by atoms with Gasteiger partial charge in [0.25, 0.3) is 5.91 Å². The average molecular weight is 520 g/mol. The van der Waals surface area contributed by atoms with E-state index in [1.54, 1.807) is 37.3 Å². The van der Waals surface area contributed by atoms with Crippen molar-refractivity contribution >= 4 is 56.3 Å². The largest absolute Gasteiger partial charge is 0.410 e. The number of amides is 1. The number of thiophene rings is 1. The van der Waals surface area contributed by atoms with E-state index in [9.17, 15) is 18.0 Å². The van der Waals surface area contributed by atoms with Gasteiger partial charge in [0.2, 0.25) is 0 Å². The van der Waals surface area contributed by atoms with Crippen LogP contribution in [0.4, 0.5) is 24.7 Å². The van der Waals surface area contributed by atoms with E-state index in [4.69, 9.17) is 11.6 Å². The Hall–Kier alpha value is -2.04. The molecule has 158 valence electrons. The first-order chi connectivity index (χ1) is 14.2. The predicted molar refractivity (Wildman–Crippen MR) is 114 cm³/mol. The summed E-state index contributed by atoms with van der Waals surface area (Å²) in [6, 6.07) is 6.19. The fourth-order valence-corrected chi connectivity index (χ4v) is 4.86. The third-order valence-electron chi connectivity index (χ3n) is 4.91. The third-order valence-corrected chi connectivity index (χ3v) is 7.06. The Labute approximate surface area is 187 Å². The zero-order valence-corrected chi connectivity index (χ0v) is 18.6. The number of alkyl halides is 3. The lowest BCUT2D eigenvalue weighted by molar-refractivity contribution is -0.173. The van der Waals surface area contributed by atoms with Gasteiger partial charge in [0.1, 0.15) is 5.82 Å². The molecule has 2 aromatic heterocycles. The minimum Gasteiger partial charge on any atom is -0.362 e. The van der Waals surface area contributed by atoms with Crippen LogP contribution in [-0.2, 0) is 0 Å². The summed E-state index contributed by atoms with van der Waals surface area (Å²) in [5.41, 5.74) is 0.969. The van der Waals surface area contributed by atoms with Gasteiger partial charge in [0.15, 0.2) is 11.7 Å². The van der Waals surface area contributed by atoms with Crippen LogP contribution in [-0.4, -0.2) is 21.9 Å². The second-order valence-corrected chi connectivity index (χ2v) is 9.01. The van der Waals surface area contributed by atoms with Crippen molar-refractivity contribution in [1.82, 2.24) is 9.78 Å². The second kappa shape index (κ2) is 7.90. The van der Waals surface area contributed by atoms with Crippen molar-refractivity contribution in [3.63, 3.8) is 0 Å². The van der Waals surface area contributed by atoms with Gasteiger partial charge in [-0.25, -0.2) is 4.68 Å². The van der Waals surface area contributed by atoms with Crippen molar-refractivity contribution in [3.8, 4) is 0 Å². The molecule has 0 saturated carbocycles. The van der Waals surface area contributed by atoms with Gasteiger partial charge in [-0.3, -0.25) is 4.79 Å². The molecule has 0 aliphatic carbocycles. The van der Waals surface area contributed by atoms with Crippen molar-refractivity contribution in [2.24, 2.45) is 0 Å².